The Labute approximate surface area is 107 Å². The normalized spacial score (nSPS) is 26.9. The lowest BCUT2D eigenvalue weighted by Gasteiger charge is -2.38. The first-order valence-corrected chi connectivity index (χ1v) is 6.63. The van der Waals surface area contributed by atoms with Crippen molar-refractivity contribution in [3.05, 3.63) is 29.8 Å². The van der Waals surface area contributed by atoms with Crippen LogP contribution < -0.4 is 16.0 Å². The number of piperidine rings is 1. The van der Waals surface area contributed by atoms with E-state index in [1.54, 1.807) is 0 Å². The number of hydrogen-bond acceptors (Lipinski definition) is 3. The first kappa shape index (κ1) is 11.5. The van der Waals surface area contributed by atoms with Gasteiger partial charge in [-0.1, -0.05) is 18.2 Å². The second-order valence-electron chi connectivity index (χ2n) is 5.09. The van der Waals surface area contributed by atoms with Gasteiger partial charge in [0.05, 0.1) is 12.0 Å². The Morgan fingerprint density at radius 3 is 3.06 bits per heavy atom. The monoisotopic (exact) mass is 245 g/mol. The lowest BCUT2D eigenvalue weighted by atomic mass is 9.90. The molecule has 2 aliphatic heterocycles. The predicted octanol–water partition coefficient (Wildman–Crippen LogP) is 0.860. The molecule has 1 aromatic rings. The Hall–Kier alpha value is -1.55. The van der Waals surface area contributed by atoms with Crippen LogP contribution in [0.5, 0.6) is 0 Å². The number of carbonyl (C=O) groups is 1. The van der Waals surface area contributed by atoms with Crippen molar-refractivity contribution in [1.82, 2.24) is 5.32 Å². The van der Waals surface area contributed by atoms with Crippen LogP contribution in [0.4, 0.5) is 5.69 Å². The molecule has 1 amide bonds. The molecule has 2 atom stereocenters. The van der Waals surface area contributed by atoms with E-state index in [2.05, 4.69) is 22.3 Å². The Bertz CT molecular complexity index is 460. The third-order valence-corrected chi connectivity index (χ3v) is 4.12. The molecule has 2 aliphatic rings. The number of amides is 1. The number of hydrogen-bond donors (Lipinski definition) is 2. The van der Waals surface area contributed by atoms with Crippen molar-refractivity contribution in [2.75, 3.05) is 18.0 Å². The molecule has 4 heteroatoms. The van der Waals surface area contributed by atoms with Crippen molar-refractivity contribution in [1.29, 1.82) is 0 Å². The minimum absolute atomic E-state index is 0.157. The summed E-state index contributed by atoms with van der Waals surface area (Å²) in [6.07, 6.45) is 2.09. The van der Waals surface area contributed by atoms with Gasteiger partial charge in [0.2, 0.25) is 5.91 Å². The number of carbonyl (C=O) groups excluding carboxylic acids is 1. The fourth-order valence-corrected chi connectivity index (χ4v) is 3.21. The highest BCUT2D eigenvalue weighted by Crippen LogP contribution is 2.33. The van der Waals surface area contributed by atoms with Gasteiger partial charge in [0, 0.05) is 25.3 Å². The molecule has 0 radical (unpaired) electrons. The topological polar surface area (TPSA) is 58.4 Å². The van der Waals surface area contributed by atoms with Gasteiger partial charge in [0.1, 0.15) is 0 Å². The average Bonchev–Trinajstić information content (AvgIpc) is 2.81. The standard InChI is InChI=1S/C14H19N3O/c15-8-10-4-1-2-6-12(10)17-7-3-5-11-13(17)9-16-14(11)18/h1-2,4,6,11,13H,3,5,7-9,15H2,(H,16,18). The summed E-state index contributed by atoms with van der Waals surface area (Å²) in [5.74, 6) is 0.375. The lowest BCUT2D eigenvalue weighted by molar-refractivity contribution is -0.122. The smallest absolute Gasteiger partial charge is 0.225 e. The quantitative estimate of drug-likeness (QED) is 0.812. The molecule has 0 aliphatic carbocycles. The summed E-state index contributed by atoms with van der Waals surface area (Å²) in [6, 6.07) is 8.56. The molecule has 96 valence electrons. The van der Waals surface area contributed by atoms with E-state index in [1.165, 1.54) is 5.69 Å². The third kappa shape index (κ3) is 1.77. The molecule has 0 spiro atoms. The number of benzene rings is 1. The van der Waals surface area contributed by atoms with Gasteiger partial charge in [-0.3, -0.25) is 4.79 Å². The Kier molecular flexibility index (Phi) is 2.96. The summed E-state index contributed by atoms with van der Waals surface area (Å²) in [7, 11) is 0. The van der Waals surface area contributed by atoms with Crippen LogP contribution in [0.3, 0.4) is 0 Å². The number of nitrogens with two attached hydrogens (primary N) is 1. The van der Waals surface area contributed by atoms with E-state index in [9.17, 15) is 4.79 Å². The maximum Gasteiger partial charge on any atom is 0.225 e. The summed E-state index contributed by atoms with van der Waals surface area (Å²) < 4.78 is 0. The van der Waals surface area contributed by atoms with E-state index in [0.717, 1.165) is 31.5 Å². The summed E-state index contributed by atoms with van der Waals surface area (Å²) in [5, 5.41) is 2.99. The van der Waals surface area contributed by atoms with Crippen LogP contribution in [0, 0.1) is 5.92 Å². The zero-order valence-electron chi connectivity index (χ0n) is 10.4. The van der Waals surface area contributed by atoms with Crippen LogP contribution in [-0.2, 0) is 11.3 Å². The van der Waals surface area contributed by atoms with Crippen LogP contribution in [-0.4, -0.2) is 25.0 Å². The second kappa shape index (κ2) is 4.61. The summed E-state index contributed by atoms with van der Waals surface area (Å²) in [4.78, 5) is 14.1. The van der Waals surface area contributed by atoms with Gasteiger partial charge in [-0.25, -0.2) is 0 Å². The fraction of sp³-hybridized carbons (Fsp3) is 0.500. The first-order chi connectivity index (χ1) is 8.81. The van der Waals surface area contributed by atoms with Crippen LogP contribution in [0.15, 0.2) is 24.3 Å². The number of anilines is 1. The zero-order chi connectivity index (χ0) is 12.5. The molecular weight excluding hydrogens is 226 g/mol. The molecule has 4 nitrogen and oxygen atoms in total. The van der Waals surface area contributed by atoms with Crippen LogP contribution >= 0.6 is 0 Å². The van der Waals surface area contributed by atoms with Crippen LogP contribution in [0.2, 0.25) is 0 Å². The molecular formula is C14H19N3O. The number of nitrogens with zero attached hydrogens (tertiary/aromatic N) is 1. The maximum absolute atomic E-state index is 11.8. The van der Waals surface area contributed by atoms with Crippen molar-refractivity contribution in [2.24, 2.45) is 11.7 Å². The first-order valence-electron chi connectivity index (χ1n) is 6.63. The number of nitrogens with one attached hydrogen (secondary N) is 1. The molecule has 1 aromatic carbocycles. The van der Waals surface area contributed by atoms with E-state index in [0.29, 0.717) is 12.6 Å². The maximum atomic E-state index is 11.8. The molecule has 0 saturated carbocycles. The van der Waals surface area contributed by atoms with Crippen molar-refractivity contribution >= 4 is 11.6 Å². The molecule has 2 heterocycles. The molecule has 2 saturated heterocycles. The van der Waals surface area contributed by atoms with Gasteiger partial charge in [0.15, 0.2) is 0 Å². The third-order valence-electron chi connectivity index (χ3n) is 4.12. The van der Waals surface area contributed by atoms with E-state index in [4.69, 9.17) is 5.73 Å². The zero-order valence-corrected chi connectivity index (χ0v) is 10.4. The highest BCUT2D eigenvalue weighted by molar-refractivity contribution is 5.83. The Morgan fingerprint density at radius 2 is 2.22 bits per heavy atom. The SMILES string of the molecule is NCc1ccccc1N1CCCC2C(=O)NCC21. The van der Waals surface area contributed by atoms with Gasteiger partial charge in [-0.15, -0.1) is 0 Å². The Balaban J connectivity index is 1.93. The molecule has 2 unspecified atom stereocenters. The van der Waals surface area contributed by atoms with E-state index in [1.807, 2.05) is 12.1 Å². The van der Waals surface area contributed by atoms with Gasteiger partial charge < -0.3 is 16.0 Å². The van der Waals surface area contributed by atoms with E-state index in [-0.39, 0.29) is 11.8 Å². The van der Waals surface area contributed by atoms with Crippen molar-refractivity contribution < 1.29 is 4.79 Å². The minimum atomic E-state index is 0.157. The highest BCUT2D eigenvalue weighted by atomic mass is 16.2. The van der Waals surface area contributed by atoms with Crippen molar-refractivity contribution in [3.63, 3.8) is 0 Å². The van der Waals surface area contributed by atoms with Crippen LogP contribution in [0.1, 0.15) is 18.4 Å². The fourth-order valence-electron chi connectivity index (χ4n) is 3.21. The van der Waals surface area contributed by atoms with Crippen molar-refractivity contribution in [3.8, 4) is 0 Å². The Morgan fingerprint density at radius 1 is 1.39 bits per heavy atom. The van der Waals surface area contributed by atoms with Gasteiger partial charge >= 0.3 is 0 Å². The molecule has 2 fully saturated rings. The van der Waals surface area contributed by atoms with E-state index >= 15 is 0 Å². The molecule has 18 heavy (non-hydrogen) atoms. The lowest BCUT2D eigenvalue weighted by Crippen LogP contribution is -2.46. The summed E-state index contributed by atoms with van der Waals surface area (Å²) in [5.41, 5.74) is 8.18. The largest absolute Gasteiger partial charge is 0.366 e. The average molecular weight is 245 g/mol. The molecule has 3 N–H and O–H groups in total. The number of rotatable bonds is 2. The molecule has 0 bridgehead atoms. The van der Waals surface area contributed by atoms with Gasteiger partial charge in [0.25, 0.3) is 0 Å². The summed E-state index contributed by atoms with van der Waals surface area (Å²) in [6.45, 7) is 2.33. The van der Waals surface area contributed by atoms with Crippen molar-refractivity contribution in [2.45, 2.75) is 25.4 Å². The highest BCUT2D eigenvalue weighted by Gasteiger charge is 2.41. The minimum Gasteiger partial charge on any atom is -0.366 e. The number of para-hydroxylation sites is 1. The molecule has 0 aromatic heterocycles. The second-order valence-corrected chi connectivity index (χ2v) is 5.09. The predicted molar refractivity (Wildman–Crippen MR) is 71.2 cm³/mol. The molecule has 3 rings (SSSR count). The van der Waals surface area contributed by atoms with Gasteiger partial charge in [-0.05, 0) is 24.5 Å². The van der Waals surface area contributed by atoms with Gasteiger partial charge in [-0.2, -0.15) is 0 Å². The summed E-state index contributed by atoms with van der Waals surface area (Å²) >= 11 is 0. The van der Waals surface area contributed by atoms with Crippen LogP contribution in [0.25, 0.3) is 0 Å². The van der Waals surface area contributed by atoms with E-state index < -0.39 is 0 Å². The number of fused-ring (bicyclic) bond motifs is 1.